The molecule has 29 heavy (non-hydrogen) atoms. The first kappa shape index (κ1) is 22.9. The van der Waals surface area contributed by atoms with Crippen LogP contribution in [0, 0.1) is 28.5 Å². The van der Waals surface area contributed by atoms with E-state index in [0.717, 1.165) is 12.1 Å². The smallest absolute Gasteiger partial charge is 0.416 e. The molecule has 1 heterocycles. The number of hydrogen-bond donors (Lipinski definition) is 1. The van der Waals surface area contributed by atoms with Crippen molar-refractivity contribution in [3.8, 4) is 6.07 Å². The van der Waals surface area contributed by atoms with Crippen molar-refractivity contribution in [2.45, 2.75) is 64.6 Å². The van der Waals surface area contributed by atoms with Crippen LogP contribution in [0.4, 0.5) is 17.6 Å². The molecule has 4 atom stereocenters. The van der Waals surface area contributed by atoms with Gasteiger partial charge in [0, 0.05) is 11.6 Å². The Morgan fingerprint density at radius 2 is 1.97 bits per heavy atom. The Balaban J connectivity index is 2.92. The Labute approximate surface area is 167 Å². The highest BCUT2D eigenvalue weighted by Crippen LogP contribution is 2.54. The lowest BCUT2D eigenvalue weighted by Gasteiger charge is -2.47. The maximum absolute atomic E-state index is 13.8. The SMILES string of the molecule is CCCC1N=C(C)C(C#N)C(c2ccc(F)cc2C(F)(F)F)C1(CCC)C(=O)O. The van der Waals surface area contributed by atoms with Crippen molar-refractivity contribution in [2.24, 2.45) is 16.3 Å². The van der Waals surface area contributed by atoms with E-state index in [0.29, 0.717) is 31.0 Å². The van der Waals surface area contributed by atoms with E-state index in [1.165, 1.54) is 6.92 Å². The number of hydrogen-bond acceptors (Lipinski definition) is 3. The Bertz CT molecular complexity index is 844. The van der Waals surface area contributed by atoms with E-state index < -0.39 is 46.8 Å². The average Bonchev–Trinajstić information content (AvgIpc) is 2.63. The predicted molar refractivity (Wildman–Crippen MR) is 100 cm³/mol. The second-order valence-electron chi connectivity index (χ2n) is 7.48. The van der Waals surface area contributed by atoms with Crippen molar-refractivity contribution < 1.29 is 27.5 Å². The van der Waals surface area contributed by atoms with Crippen LogP contribution in [-0.2, 0) is 11.0 Å². The topological polar surface area (TPSA) is 73.5 Å². The number of aliphatic carboxylic acids is 1. The Morgan fingerprint density at radius 3 is 2.45 bits per heavy atom. The molecule has 0 fully saturated rings. The van der Waals surface area contributed by atoms with Crippen LogP contribution < -0.4 is 0 Å². The molecule has 0 aromatic heterocycles. The number of benzene rings is 1. The van der Waals surface area contributed by atoms with Crippen molar-refractivity contribution in [2.75, 3.05) is 0 Å². The average molecular weight is 412 g/mol. The molecule has 1 N–H and O–H groups in total. The van der Waals surface area contributed by atoms with Gasteiger partial charge in [-0.2, -0.15) is 18.4 Å². The van der Waals surface area contributed by atoms with Crippen molar-refractivity contribution >= 4 is 11.7 Å². The number of halogens is 4. The number of nitriles is 1. The van der Waals surface area contributed by atoms with Gasteiger partial charge in [-0.15, -0.1) is 0 Å². The van der Waals surface area contributed by atoms with Crippen LogP contribution in [0.15, 0.2) is 23.2 Å². The van der Waals surface area contributed by atoms with Crippen molar-refractivity contribution in [3.05, 3.63) is 35.1 Å². The van der Waals surface area contributed by atoms with Crippen molar-refractivity contribution in [1.82, 2.24) is 0 Å². The number of carbonyl (C=O) groups is 1. The standard InChI is InChI=1S/C21H24F4N2O2/c1-4-6-17-20(9-5-2,19(28)29)18(15(11-26)12(3)27-17)14-8-7-13(22)10-16(14)21(23,24)25/h7-8,10,15,17-18H,4-6,9H2,1-3H3,(H,28,29). The zero-order valence-electron chi connectivity index (χ0n) is 16.6. The first-order valence-corrected chi connectivity index (χ1v) is 9.58. The molecule has 0 saturated carbocycles. The van der Waals surface area contributed by atoms with Gasteiger partial charge in [0.1, 0.15) is 5.82 Å². The minimum atomic E-state index is -4.89. The van der Waals surface area contributed by atoms with Gasteiger partial charge < -0.3 is 5.11 Å². The fourth-order valence-electron chi connectivity index (χ4n) is 4.57. The number of aliphatic imine (C=N–C) groups is 1. The molecule has 1 aliphatic heterocycles. The zero-order valence-corrected chi connectivity index (χ0v) is 16.6. The maximum atomic E-state index is 13.8. The molecule has 1 aliphatic rings. The second-order valence-corrected chi connectivity index (χ2v) is 7.48. The maximum Gasteiger partial charge on any atom is 0.416 e. The van der Waals surface area contributed by atoms with Crippen LogP contribution in [0.3, 0.4) is 0 Å². The largest absolute Gasteiger partial charge is 0.481 e. The van der Waals surface area contributed by atoms with E-state index in [2.05, 4.69) is 4.99 Å². The Hall–Kier alpha value is -2.43. The summed E-state index contributed by atoms with van der Waals surface area (Å²) in [6.07, 6.45) is -3.50. The molecular formula is C21H24F4N2O2. The summed E-state index contributed by atoms with van der Waals surface area (Å²) in [6, 6.07) is 3.43. The third-order valence-electron chi connectivity index (χ3n) is 5.71. The van der Waals surface area contributed by atoms with E-state index in [4.69, 9.17) is 0 Å². The molecule has 0 amide bonds. The fraction of sp³-hybridized carbons (Fsp3) is 0.571. The van der Waals surface area contributed by atoms with Gasteiger partial charge in [0.2, 0.25) is 0 Å². The summed E-state index contributed by atoms with van der Waals surface area (Å²) in [5.41, 5.74) is -2.99. The van der Waals surface area contributed by atoms with Gasteiger partial charge in [0.25, 0.3) is 0 Å². The number of rotatable bonds is 6. The first-order valence-electron chi connectivity index (χ1n) is 9.58. The molecule has 0 spiro atoms. The molecule has 2 rings (SSSR count). The summed E-state index contributed by atoms with van der Waals surface area (Å²) in [5, 5.41) is 20.0. The summed E-state index contributed by atoms with van der Waals surface area (Å²) < 4.78 is 55.0. The number of alkyl halides is 3. The summed E-state index contributed by atoms with van der Waals surface area (Å²) in [6.45, 7) is 5.12. The Morgan fingerprint density at radius 1 is 1.31 bits per heavy atom. The van der Waals surface area contributed by atoms with Gasteiger partial charge in [-0.3, -0.25) is 9.79 Å². The van der Waals surface area contributed by atoms with Crippen molar-refractivity contribution in [3.63, 3.8) is 0 Å². The van der Waals surface area contributed by atoms with Gasteiger partial charge >= 0.3 is 12.1 Å². The molecule has 8 heteroatoms. The third-order valence-corrected chi connectivity index (χ3v) is 5.71. The van der Waals surface area contributed by atoms with E-state index >= 15 is 0 Å². The van der Waals surface area contributed by atoms with E-state index in [9.17, 15) is 32.7 Å². The van der Waals surface area contributed by atoms with Crippen LogP contribution in [0.2, 0.25) is 0 Å². The molecule has 0 bridgehead atoms. The zero-order chi connectivity index (χ0) is 22.0. The van der Waals surface area contributed by atoms with Crippen LogP contribution >= 0.6 is 0 Å². The number of nitrogens with zero attached hydrogens (tertiary/aromatic N) is 2. The highest BCUT2D eigenvalue weighted by atomic mass is 19.4. The molecule has 0 aliphatic carbocycles. The highest BCUT2D eigenvalue weighted by molar-refractivity contribution is 5.92. The molecular weight excluding hydrogens is 388 g/mol. The monoisotopic (exact) mass is 412 g/mol. The summed E-state index contributed by atoms with van der Waals surface area (Å²) in [7, 11) is 0. The quantitative estimate of drug-likeness (QED) is 0.620. The highest BCUT2D eigenvalue weighted by Gasteiger charge is 2.58. The lowest BCUT2D eigenvalue weighted by molar-refractivity contribution is -0.155. The summed E-state index contributed by atoms with van der Waals surface area (Å²) in [4.78, 5) is 17.1. The van der Waals surface area contributed by atoms with E-state index in [1.54, 1.807) is 6.92 Å². The molecule has 0 radical (unpaired) electrons. The van der Waals surface area contributed by atoms with Gasteiger partial charge in [-0.1, -0.05) is 32.8 Å². The first-order chi connectivity index (χ1) is 13.5. The summed E-state index contributed by atoms with van der Waals surface area (Å²) >= 11 is 0. The lowest BCUT2D eigenvalue weighted by Crippen LogP contribution is -2.53. The van der Waals surface area contributed by atoms with Crippen LogP contribution in [-0.4, -0.2) is 22.8 Å². The minimum Gasteiger partial charge on any atom is -0.481 e. The summed E-state index contributed by atoms with van der Waals surface area (Å²) in [5.74, 6) is -4.80. The van der Waals surface area contributed by atoms with Crippen LogP contribution in [0.25, 0.3) is 0 Å². The van der Waals surface area contributed by atoms with Crippen LogP contribution in [0.5, 0.6) is 0 Å². The van der Waals surface area contributed by atoms with Gasteiger partial charge in [-0.05, 0) is 37.5 Å². The molecule has 1 aromatic rings. The predicted octanol–water partition coefficient (Wildman–Crippen LogP) is 5.58. The number of carboxylic acid groups (broad SMARTS) is 1. The molecule has 4 nitrogen and oxygen atoms in total. The van der Waals surface area contributed by atoms with Gasteiger partial charge in [-0.25, -0.2) is 4.39 Å². The minimum absolute atomic E-state index is 0.0568. The normalized spacial score (nSPS) is 27.2. The van der Waals surface area contributed by atoms with E-state index in [-0.39, 0.29) is 12.0 Å². The molecule has 4 unspecified atom stereocenters. The van der Waals surface area contributed by atoms with Gasteiger partial charge in [0.05, 0.1) is 29.0 Å². The molecule has 158 valence electrons. The van der Waals surface area contributed by atoms with Crippen LogP contribution in [0.1, 0.15) is 63.5 Å². The molecule has 1 aromatic carbocycles. The number of carboxylic acids is 1. The third kappa shape index (κ3) is 4.00. The fourth-order valence-corrected chi connectivity index (χ4v) is 4.57. The lowest BCUT2D eigenvalue weighted by atomic mass is 9.57. The van der Waals surface area contributed by atoms with E-state index in [1.807, 2.05) is 13.0 Å². The van der Waals surface area contributed by atoms with Crippen molar-refractivity contribution in [1.29, 1.82) is 5.26 Å². The van der Waals surface area contributed by atoms with Gasteiger partial charge in [0.15, 0.2) is 0 Å². The second kappa shape index (κ2) is 8.52. The molecule has 0 saturated heterocycles. The Kier molecular flexibility index (Phi) is 6.71.